The standard InChI is InChI=1S/C20H11BrINO2/c21-14-10-15(23-11-6-2-1-3-7-11)16-17(18(14)22)20(25)13-9-5-4-8-12(13)19(16)24/h1-10,23H. The minimum Gasteiger partial charge on any atom is -0.355 e. The molecule has 4 rings (SSSR count). The van der Waals surface area contributed by atoms with Gasteiger partial charge in [-0.2, -0.15) is 0 Å². The monoisotopic (exact) mass is 503 g/mol. The Labute approximate surface area is 166 Å². The molecule has 0 unspecified atom stereocenters. The van der Waals surface area contributed by atoms with Crippen LogP contribution in [0.25, 0.3) is 0 Å². The summed E-state index contributed by atoms with van der Waals surface area (Å²) in [4.78, 5) is 26.1. The largest absolute Gasteiger partial charge is 0.355 e. The fraction of sp³-hybridized carbons (Fsp3) is 0. The van der Waals surface area contributed by atoms with Gasteiger partial charge in [0.05, 0.1) is 16.8 Å². The Balaban J connectivity index is 1.96. The van der Waals surface area contributed by atoms with Gasteiger partial charge >= 0.3 is 0 Å². The predicted molar refractivity (Wildman–Crippen MR) is 110 cm³/mol. The minimum atomic E-state index is -0.131. The van der Waals surface area contributed by atoms with Gasteiger partial charge in [0.15, 0.2) is 11.6 Å². The normalized spacial score (nSPS) is 12.6. The Hall–Kier alpha value is -1.99. The van der Waals surface area contributed by atoms with Crippen LogP contribution in [-0.2, 0) is 0 Å². The van der Waals surface area contributed by atoms with Crippen LogP contribution in [0.5, 0.6) is 0 Å². The zero-order chi connectivity index (χ0) is 17.6. The Kier molecular flexibility index (Phi) is 4.21. The summed E-state index contributed by atoms with van der Waals surface area (Å²) in [6.07, 6.45) is 0. The van der Waals surface area contributed by atoms with E-state index in [9.17, 15) is 9.59 Å². The summed E-state index contributed by atoms with van der Waals surface area (Å²) < 4.78 is 1.53. The maximum atomic E-state index is 13.1. The smallest absolute Gasteiger partial charge is 0.196 e. The predicted octanol–water partition coefficient (Wildman–Crippen LogP) is 5.57. The van der Waals surface area contributed by atoms with Crippen molar-refractivity contribution < 1.29 is 9.59 Å². The van der Waals surface area contributed by atoms with Crippen molar-refractivity contribution in [3.8, 4) is 0 Å². The summed E-state index contributed by atoms with van der Waals surface area (Å²) in [5, 5.41) is 3.28. The number of nitrogens with one attached hydrogen (secondary N) is 1. The van der Waals surface area contributed by atoms with Gasteiger partial charge in [0.2, 0.25) is 0 Å². The number of carbonyl (C=O) groups is 2. The lowest BCUT2D eigenvalue weighted by molar-refractivity contribution is 0.0979. The molecule has 0 amide bonds. The highest BCUT2D eigenvalue weighted by atomic mass is 127. The highest BCUT2D eigenvalue weighted by Crippen LogP contribution is 2.39. The van der Waals surface area contributed by atoms with Gasteiger partial charge in [0.1, 0.15) is 0 Å². The molecule has 25 heavy (non-hydrogen) atoms. The third-order valence-electron chi connectivity index (χ3n) is 4.14. The van der Waals surface area contributed by atoms with E-state index in [1.165, 1.54) is 0 Å². The summed E-state index contributed by atoms with van der Waals surface area (Å²) in [5.74, 6) is -0.249. The number of hydrogen-bond donors (Lipinski definition) is 1. The molecule has 0 saturated carbocycles. The molecule has 3 aromatic rings. The van der Waals surface area contributed by atoms with E-state index in [4.69, 9.17) is 0 Å². The molecular formula is C20H11BrINO2. The highest BCUT2D eigenvalue weighted by Gasteiger charge is 2.34. The van der Waals surface area contributed by atoms with Crippen LogP contribution >= 0.6 is 38.5 Å². The molecule has 3 aromatic carbocycles. The number of ketones is 2. The second kappa shape index (κ2) is 6.38. The first-order valence-corrected chi connectivity index (χ1v) is 9.47. The van der Waals surface area contributed by atoms with Crippen molar-refractivity contribution in [2.24, 2.45) is 0 Å². The molecule has 0 fully saturated rings. The van der Waals surface area contributed by atoms with Crippen LogP contribution in [0.1, 0.15) is 31.8 Å². The van der Waals surface area contributed by atoms with Gasteiger partial charge < -0.3 is 5.32 Å². The van der Waals surface area contributed by atoms with E-state index in [0.29, 0.717) is 27.9 Å². The fourth-order valence-electron chi connectivity index (χ4n) is 3.00. The maximum Gasteiger partial charge on any atom is 0.196 e. The van der Waals surface area contributed by atoms with E-state index < -0.39 is 0 Å². The van der Waals surface area contributed by atoms with Crippen LogP contribution in [0.4, 0.5) is 11.4 Å². The molecule has 1 N–H and O–H groups in total. The molecule has 122 valence electrons. The molecule has 1 aliphatic carbocycles. The van der Waals surface area contributed by atoms with Crippen molar-refractivity contribution in [3.63, 3.8) is 0 Å². The Morgan fingerprint density at radius 1 is 0.800 bits per heavy atom. The van der Waals surface area contributed by atoms with Crippen molar-refractivity contribution >= 4 is 61.5 Å². The average molecular weight is 504 g/mol. The molecule has 0 aliphatic heterocycles. The van der Waals surface area contributed by atoms with E-state index in [1.807, 2.05) is 36.4 Å². The number of hydrogen-bond acceptors (Lipinski definition) is 3. The molecule has 0 bridgehead atoms. The number of halogens is 2. The second-order valence-electron chi connectivity index (χ2n) is 5.66. The summed E-state index contributed by atoms with van der Waals surface area (Å²) >= 11 is 5.63. The SMILES string of the molecule is O=C1c2ccccc2C(=O)c2c(I)c(Br)cc(Nc3ccccc3)c21. The number of benzene rings is 3. The van der Waals surface area contributed by atoms with Gasteiger partial charge in [0.25, 0.3) is 0 Å². The number of rotatable bonds is 2. The molecule has 5 heteroatoms. The van der Waals surface area contributed by atoms with Gasteiger partial charge in [-0.25, -0.2) is 0 Å². The van der Waals surface area contributed by atoms with Crippen molar-refractivity contribution in [2.45, 2.75) is 0 Å². The van der Waals surface area contributed by atoms with Crippen molar-refractivity contribution in [1.82, 2.24) is 0 Å². The van der Waals surface area contributed by atoms with Gasteiger partial charge in [-0.05, 0) is 56.7 Å². The number of fused-ring (bicyclic) bond motifs is 2. The van der Waals surface area contributed by atoms with Crippen LogP contribution in [0.3, 0.4) is 0 Å². The van der Waals surface area contributed by atoms with E-state index >= 15 is 0 Å². The lowest BCUT2D eigenvalue weighted by Gasteiger charge is -2.23. The third kappa shape index (κ3) is 2.71. The van der Waals surface area contributed by atoms with Crippen molar-refractivity contribution in [1.29, 1.82) is 0 Å². The molecule has 0 radical (unpaired) electrons. The van der Waals surface area contributed by atoms with Crippen LogP contribution in [-0.4, -0.2) is 11.6 Å². The lowest BCUT2D eigenvalue weighted by atomic mass is 9.83. The van der Waals surface area contributed by atoms with Gasteiger partial charge in [-0.15, -0.1) is 0 Å². The molecule has 1 aliphatic rings. The molecule has 0 spiro atoms. The Bertz CT molecular complexity index is 1030. The molecule has 3 nitrogen and oxygen atoms in total. The molecule has 0 saturated heterocycles. The van der Waals surface area contributed by atoms with Gasteiger partial charge in [-0.1, -0.05) is 42.5 Å². The molecule has 0 atom stereocenters. The summed E-state index contributed by atoms with van der Waals surface area (Å²) in [7, 11) is 0. The van der Waals surface area contributed by atoms with Crippen LogP contribution in [0, 0.1) is 3.57 Å². The Morgan fingerprint density at radius 3 is 2.00 bits per heavy atom. The molecule has 0 heterocycles. The first-order valence-electron chi connectivity index (χ1n) is 7.60. The summed E-state index contributed by atoms with van der Waals surface area (Å²) in [5.41, 5.74) is 3.28. The van der Waals surface area contributed by atoms with E-state index in [0.717, 1.165) is 13.7 Å². The molecule has 0 aromatic heterocycles. The summed E-state index contributed by atoms with van der Waals surface area (Å²) in [6.45, 7) is 0. The van der Waals surface area contributed by atoms with E-state index in [-0.39, 0.29) is 11.6 Å². The van der Waals surface area contributed by atoms with E-state index in [2.05, 4.69) is 43.8 Å². The zero-order valence-corrected chi connectivity index (χ0v) is 16.6. The average Bonchev–Trinajstić information content (AvgIpc) is 2.63. The first kappa shape index (κ1) is 16.5. The topological polar surface area (TPSA) is 46.2 Å². The minimum absolute atomic E-state index is 0.119. The zero-order valence-electron chi connectivity index (χ0n) is 12.8. The van der Waals surface area contributed by atoms with Crippen LogP contribution < -0.4 is 5.32 Å². The van der Waals surface area contributed by atoms with Crippen molar-refractivity contribution in [3.05, 3.63) is 91.0 Å². The van der Waals surface area contributed by atoms with Gasteiger partial charge in [0, 0.05) is 24.9 Å². The number of anilines is 2. The molecular weight excluding hydrogens is 493 g/mol. The van der Waals surface area contributed by atoms with Crippen molar-refractivity contribution in [2.75, 3.05) is 5.32 Å². The van der Waals surface area contributed by atoms with E-state index in [1.54, 1.807) is 24.3 Å². The van der Waals surface area contributed by atoms with Crippen LogP contribution in [0.15, 0.2) is 65.1 Å². The number of para-hydroxylation sites is 1. The first-order chi connectivity index (χ1) is 12.1. The van der Waals surface area contributed by atoms with Gasteiger partial charge in [-0.3, -0.25) is 9.59 Å². The quantitative estimate of drug-likeness (QED) is 0.363. The second-order valence-corrected chi connectivity index (χ2v) is 7.60. The summed E-state index contributed by atoms with van der Waals surface area (Å²) in [6, 6.07) is 18.4. The lowest BCUT2D eigenvalue weighted by Crippen LogP contribution is -2.23. The number of carbonyl (C=O) groups excluding carboxylic acids is 2. The Morgan fingerprint density at radius 2 is 1.36 bits per heavy atom. The van der Waals surface area contributed by atoms with Crippen LogP contribution in [0.2, 0.25) is 0 Å². The highest BCUT2D eigenvalue weighted by molar-refractivity contribution is 14.1. The third-order valence-corrected chi connectivity index (χ3v) is 6.63. The maximum absolute atomic E-state index is 13.1. The fourth-order valence-corrected chi connectivity index (χ4v) is 4.10.